The van der Waals surface area contributed by atoms with Crippen LogP contribution in [-0.4, -0.2) is 57.7 Å². The van der Waals surface area contributed by atoms with E-state index in [1.54, 1.807) is 11.9 Å². The number of carboxylic acids is 1. The van der Waals surface area contributed by atoms with Crippen LogP contribution in [0.5, 0.6) is 0 Å². The van der Waals surface area contributed by atoms with Gasteiger partial charge in [-0.1, -0.05) is 19.3 Å². The third-order valence-corrected chi connectivity index (χ3v) is 5.53. The van der Waals surface area contributed by atoms with Gasteiger partial charge in [0, 0.05) is 19.3 Å². The van der Waals surface area contributed by atoms with Gasteiger partial charge in [-0.25, -0.2) is 9.59 Å². The van der Waals surface area contributed by atoms with Crippen LogP contribution in [0, 0.1) is 5.92 Å². The molecule has 20 heavy (non-hydrogen) atoms. The number of urea groups is 1. The number of nitrogens with zero attached hydrogens (tertiary/aromatic N) is 2. The van der Waals surface area contributed by atoms with E-state index >= 15 is 0 Å². The molecule has 6 heteroatoms. The second-order valence-corrected chi connectivity index (χ2v) is 7.21. The van der Waals surface area contributed by atoms with E-state index in [1.807, 2.05) is 6.92 Å². The Hall–Kier alpha value is -0.910. The maximum absolute atomic E-state index is 12.5. The molecule has 1 aliphatic carbocycles. The van der Waals surface area contributed by atoms with Gasteiger partial charge in [0.25, 0.3) is 0 Å². The first-order valence-electron chi connectivity index (χ1n) is 7.38. The summed E-state index contributed by atoms with van der Waals surface area (Å²) >= 11 is 1.53. The van der Waals surface area contributed by atoms with Gasteiger partial charge in [-0.2, -0.15) is 0 Å². The quantitative estimate of drug-likeness (QED) is 0.870. The summed E-state index contributed by atoms with van der Waals surface area (Å²) in [4.78, 5) is 27.0. The van der Waals surface area contributed by atoms with Gasteiger partial charge in [0.2, 0.25) is 0 Å². The summed E-state index contributed by atoms with van der Waals surface area (Å²) in [6, 6.07) is -0.822. The molecule has 2 unspecified atom stereocenters. The Kier molecular flexibility index (Phi) is 5.18. The predicted octanol–water partition coefficient (Wildman–Crippen LogP) is 2.47. The molecule has 1 N–H and O–H groups in total. The van der Waals surface area contributed by atoms with Gasteiger partial charge in [-0.05, 0) is 25.7 Å². The van der Waals surface area contributed by atoms with E-state index in [1.165, 1.54) is 48.8 Å². The van der Waals surface area contributed by atoms with Crippen molar-refractivity contribution in [2.45, 2.75) is 50.4 Å². The highest BCUT2D eigenvalue weighted by molar-refractivity contribution is 8.00. The van der Waals surface area contributed by atoms with E-state index < -0.39 is 12.0 Å². The zero-order valence-electron chi connectivity index (χ0n) is 12.2. The monoisotopic (exact) mass is 300 g/mol. The molecule has 2 atom stereocenters. The zero-order valence-corrected chi connectivity index (χ0v) is 13.1. The fourth-order valence-corrected chi connectivity index (χ4v) is 4.32. The minimum absolute atomic E-state index is 0.0580. The predicted molar refractivity (Wildman–Crippen MR) is 79.8 cm³/mol. The first-order chi connectivity index (χ1) is 9.50. The number of thioether (sulfide) groups is 1. The van der Waals surface area contributed by atoms with Gasteiger partial charge in [0.05, 0.1) is 5.37 Å². The van der Waals surface area contributed by atoms with Gasteiger partial charge in [0.15, 0.2) is 0 Å². The summed E-state index contributed by atoms with van der Waals surface area (Å²) in [5.74, 6) is 0.160. The molecule has 1 saturated carbocycles. The minimum atomic E-state index is -0.902. The summed E-state index contributed by atoms with van der Waals surface area (Å²) < 4.78 is 0. The van der Waals surface area contributed by atoms with Crippen LogP contribution < -0.4 is 0 Å². The van der Waals surface area contributed by atoms with Crippen LogP contribution in [0.15, 0.2) is 0 Å². The molecule has 2 fully saturated rings. The molecule has 114 valence electrons. The van der Waals surface area contributed by atoms with E-state index in [4.69, 9.17) is 0 Å². The fraction of sp³-hybridized carbons (Fsp3) is 0.857. The molecular formula is C14H24N2O3S. The van der Waals surface area contributed by atoms with E-state index in [0.29, 0.717) is 11.7 Å². The van der Waals surface area contributed by atoms with Crippen molar-refractivity contribution in [2.75, 3.05) is 19.3 Å². The van der Waals surface area contributed by atoms with E-state index in [-0.39, 0.29) is 11.4 Å². The summed E-state index contributed by atoms with van der Waals surface area (Å²) in [7, 11) is 1.80. The Balaban J connectivity index is 1.95. The Labute approximate surface area is 124 Å². The molecule has 1 saturated heterocycles. The minimum Gasteiger partial charge on any atom is -0.480 e. The average molecular weight is 300 g/mol. The van der Waals surface area contributed by atoms with Gasteiger partial charge in [-0.3, -0.25) is 4.90 Å². The fourth-order valence-electron chi connectivity index (χ4n) is 3.16. The number of carbonyl (C=O) groups is 2. The van der Waals surface area contributed by atoms with Crippen LogP contribution in [0.3, 0.4) is 0 Å². The molecule has 0 aromatic carbocycles. The molecule has 2 amide bonds. The number of hydrogen-bond donors (Lipinski definition) is 1. The Morgan fingerprint density at radius 2 is 1.95 bits per heavy atom. The highest BCUT2D eigenvalue weighted by Crippen LogP contribution is 2.30. The number of rotatable bonds is 3. The van der Waals surface area contributed by atoms with Crippen LogP contribution in [0.2, 0.25) is 0 Å². The molecule has 5 nitrogen and oxygen atoms in total. The maximum Gasteiger partial charge on any atom is 0.327 e. The standard InChI is InChI=1S/C14H24N2O3S/c1-10-16(12(9-20-10)13(17)18)14(19)15(2)8-11-6-4-3-5-7-11/h10-12H,3-9H2,1-2H3,(H,17,18). The molecule has 0 radical (unpaired) electrons. The topological polar surface area (TPSA) is 60.9 Å². The van der Waals surface area contributed by atoms with Gasteiger partial charge < -0.3 is 10.0 Å². The Morgan fingerprint density at radius 3 is 2.55 bits per heavy atom. The van der Waals surface area contributed by atoms with Crippen molar-refractivity contribution >= 4 is 23.8 Å². The van der Waals surface area contributed by atoms with Crippen molar-refractivity contribution in [1.29, 1.82) is 0 Å². The summed E-state index contributed by atoms with van der Waals surface area (Å²) in [5.41, 5.74) is 0. The lowest BCUT2D eigenvalue weighted by Crippen LogP contribution is -2.50. The van der Waals surface area contributed by atoms with Crippen molar-refractivity contribution in [2.24, 2.45) is 5.92 Å². The molecule has 0 spiro atoms. The second-order valence-electron chi connectivity index (χ2n) is 5.86. The van der Waals surface area contributed by atoms with Crippen molar-refractivity contribution < 1.29 is 14.7 Å². The maximum atomic E-state index is 12.5. The summed E-state index contributed by atoms with van der Waals surface area (Å²) in [5, 5.41) is 9.17. The molecule has 0 bridgehead atoms. The second kappa shape index (κ2) is 6.70. The number of carbonyl (C=O) groups excluding carboxylic acids is 1. The Bertz CT molecular complexity index is 371. The van der Waals surface area contributed by atoms with Crippen molar-refractivity contribution in [3.63, 3.8) is 0 Å². The molecule has 2 rings (SSSR count). The number of amides is 2. The largest absolute Gasteiger partial charge is 0.480 e. The normalized spacial score (nSPS) is 27.6. The van der Waals surface area contributed by atoms with E-state index in [9.17, 15) is 14.7 Å². The number of aliphatic carboxylic acids is 1. The SMILES string of the molecule is CC1SCC(C(=O)O)N1C(=O)N(C)CC1CCCCC1. The van der Waals surface area contributed by atoms with Gasteiger partial charge >= 0.3 is 12.0 Å². The molecular weight excluding hydrogens is 276 g/mol. The first-order valence-corrected chi connectivity index (χ1v) is 8.43. The molecule has 1 heterocycles. The summed E-state index contributed by atoms with van der Waals surface area (Å²) in [6.45, 7) is 2.65. The molecule has 0 aromatic heterocycles. The van der Waals surface area contributed by atoms with E-state index in [0.717, 1.165) is 6.54 Å². The molecule has 1 aliphatic heterocycles. The van der Waals surface area contributed by atoms with Crippen molar-refractivity contribution in [3.8, 4) is 0 Å². The molecule has 2 aliphatic rings. The lowest BCUT2D eigenvalue weighted by Gasteiger charge is -2.33. The average Bonchev–Trinajstić information content (AvgIpc) is 2.81. The van der Waals surface area contributed by atoms with Crippen LogP contribution >= 0.6 is 11.8 Å². The van der Waals surface area contributed by atoms with Crippen LogP contribution in [-0.2, 0) is 4.79 Å². The lowest BCUT2D eigenvalue weighted by atomic mass is 9.89. The van der Waals surface area contributed by atoms with E-state index in [2.05, 4.69) is 0 Å². The van der Waals surface area contributed by atoms with Crippen LogP contribution in [0.1, 0.15) is 39.0 Å². The van der Waals surface area contributed by atoms with Crippen molar-refractivity contribution in [1.82, 2.24) is 9.80 Å². The Morgan fingerprint density at radius 1 is 1.30 bits per heavy atom. The smallest absolute Gasteiger partial charge is 0.327 e. The van der Waals surface area contributed by atoms with Crippen LogP contribution in [0.4, 0.5) is 4.79 Å². The van der Waals surface area contributed by atoms with Gasteiger partial charge in [-0.15, -0.1) is 11.8 Å². The molecule has 0 aromatic rings. The third kappa shape index (κ3) is 3.40. The summed E-state index contributed by atoms with van der Waals surface area (Å²) in [6.07, 6.45) is 6.17. The zero-order chi connectivity index (χ0) is 14.7. The lowest BCUT2D eigenvalue weighted by molar-refractivity contribution is -0.141. The first kappa shape index (κ1) is 15.5. The highest BCUT2D eigenvalue weighted by Gasteiger charge is 2.40. The third-order valence-electron chi connectivity index (χ3n) is 4.31. The van der Waals surface area contributed by atoms with Crippen LogP contribution in [0.25, 0.3) is 0 Å². The van der Waals surface area contributed by atoms with Crippen molar-refractivity contribution in [3.05, 3.63) is 0 Å². The highest BCUT2D eigenvalue weighted by atomic mass is 32.2. The number of hydrogen-bond acceptors (Lipinski definition) is 3. The number of carboxylic acid groups (broad SMARTS) is 1. The van der Waals surface area contributed by atoms with Gasteiger partial charge in [0.1, 0.15) is 6.04 Å².